The van der Waals surface area contributed by atoms with Crippen molar-refractivity contribution in [2.45, 2.75) is 32.9 Å². The second kappa shape index (κ2) is 6.80. The molecule has 0 bridgehead atoms. The molecular formula is C11H25N3O. The lowest BCUT2D eigenvalue weighted by Gasteiger charge is -2.23. The largest absolute Gasteiger partial charge is 0.342 e. The third-order valence-corrected chi connectivity index (χ3v) is 2.41. The van der Waals surface area contributed by atoms with E-state index in [0.29, 0.717) is 12.6 Å². The fraction of sp³-hybridized carbons (Fsp3) is 0.909. The third-order valence-electron chi connectivity index (χ3n) is 2.41. The Kier molecular flexibility index (Phi) is 6.52. The second-order valence-corrected chi connectivity index (χ2v) is 4.64. The molecule has 0 saturated carbocycles. The van der Waals surface area contributed by atoms with Crippen molar-refractivity contribution in [2.24, 2.45) is 0 Å². The molecular weight excluding hydrogens is 190 g/mol. The minimum Gasteiger partial charge on any atom is -0.342 e. The van der Waals surface area contributed by atoms with Crippen LogP contribution in [0.5, 0.6) is 0 Å². The number of nitrogens with zero attached hydrogens (tertiary/aromatic N) is 2. The van der Waals surface area contributed by atoms with Crippen LogP contribution in [0.4, 0.5) is 0 Å². The lowest BCUT2D eigenvalue weighted by Crippen LogP contribution is -2.44. The molecule has 0 heterocycles. The Morgan fingerprint density at radius 2 is 1.73 bits per heavy atom. The van der Waals surface area contributed by atoms with E-state index in [2.05, 4.69) is 17.1 Å². The van der Waals surface area contributed by atoms with Crippen LogP contribution in [0.2, 0.25) is 0 Å². The van der Waals surface area contributed by atoms with Gasteiger partial charge in [0.15, 0.2) is 0 Å². The average molecular weight is 215 g/mol. The van der Waals surface area contributed by atoms with Gasteiger partial charge in [-0.3, -0.25) is 4.79 Å². The summed E-state index contributed by atoms with van der Waals surface area (Å²) in [4.78, 5) is 15.5. The topological polar surface area (TPSA) is 35.6 Å². The van der Waals surface area contributed by atoms with Gasteiger partial charge >= 0.3 is 0 Å². The summed E-state index contributed by atoms with van der Waals surface area (Å²) in [7, 11) is 5.89. The zero-order valence-corrected chi connectivity index (χ0v) is 10.9. The zero-order valence-electron chi connectivity index (χ0n) is 10.9. The SMILES string of the molecule is CC(CN(C)C)NCC(=O)N(C)C(C)C. The average Bonchev–Trinajstić information content (AvgIpc) is 2.11. The molecule has 0 radical (unpaired) electrons. The maximum atomic E-state index is 11.6. The first-order valence-corrected chi connectivity index (χ1v) is 5.48. The first-order valence-electron chi connectivity index (χ1n) is 5.48. The van der Waals surface area contributed by atoms with E-state index in [1.165, 1.54) is 0 Å². The molecule has 1 unspecified atom stereocenters. The van der Waals surface area contributed by atoms with Gasteiger partial charge in [-0.05, 0) is 34.9 Å². The summed E-state index contributed by atoms with van der Waals surface area (Å²) in [6.45, 7) is 7.48. The molecule has 0 aliphatic rings. The standard InChI is InChI=1S/C11H25N3O/c1-9(2)14(6)11(15)7-12-10(3)8-13(4)5/h9-10,12H,7-8H2,1-6H3. The number of likely N-dealkylation sites (N-methyl/N-ethyl adjacent to an activating group) is 2. The van der Waals surface area contributed by atoms with Crippen LogP contribution in [0.1, 0.15) is 20.8 Å². The van der Waals surface area contributed by atoms with Crippen LogP contribution in [0.25, 0.3) is 0 Å². The van der Waals surface area contributed by atoms with Crippen LogP contribution in [0, 0.1) is 0 Å². The van der Waals surface area contributed by atoms with Crippen molar-refractivity contribution in [2.75, 3.05) is 34.2 Å². The Morgan fingerprint density at radius 3 is 2.13 bits per heavy atom. The minimum absolute atomic E-state index is 0.149. The lowest BCUT2D eigenvalue weighted by molar-refractivity contribution is -0.130. The molecule has 0 aromatic heterocycles. The van der Waals surface area contributed by atoms with E-state index in [1.54, 1.807) is 4.90 Å². The van der Waals surface area contributed by atoms with Gasteiger partial charge in [0, 0.05) is 25.7 Å². The van der Waals surface area contributed by atoms with Crippen molar-refractivity contribution in [1.82, 2.24) is 15.1 Å². The van der Waals surface area contributed by atoms with Gasteiger partial charge in [-0.2, -0.15) is 0 Å². The molecule has 0 aliphatic carbocycles. The Morgan fingerprint density at radius 1 is 1.20 bits per heavy atom. The first-order chi connectivity index (χ1) is 6.84. The monoisotopic (exact) mass is 215 g/mol. The van der Waals surface area contributed by atoms with Gasteiger partial charge in [0.25, 0.3) is 0 Å². The molecule has 1 atom stereocenters. The summed E-state index contributed by atoms with van der Waals surface area (Å²) in [5.74, 6) is 0.149. The van der Waals surface area contributed by atoms with E-state index >= 15 is 0 Å². The molecule has 0 spiro atoms. The van der Waals surface area contributed by atoms with E-state index in [0.717, 1.165) is 6.54 Å². The maximum absolute atomic E-state index is 11.6. The number of hydrogen-bond donors (Lipinski definition) is 1. The molecule has 4 nitrogen and oxygen atoms in total. The fourth-order valence-corrected chi connectivity index (χ4v) is 1.29. The molecule has 1 N–H and O–H groups in total. The maximum Gasteiger partial charge on any atom is 0.236 e. The Bertz CT molecular complexity index is 192. The van der Waals surface area contributed by atoms with Crippen molar-refractivity contribution < 1.29 is 4.79 Å². The van der Waals surface area contributed by atoms with Crippen molar-refractivity contribution in [3.63, 3.8) is 0 Å². The molecule has 15 heavy (non-hydrogen) atoms. The lowest BCUT2D eigenvalue weighted by atomic mass is 10.3. The molecule has 0 saturated heterocycles. The number of carbonyl (C=O) groups excluding carboxylic acids is 1. The molecule has 1 amide bonds. The number of hydrogen-bond acceptors (Lipinski definition) is 3. The quantitative estimate of drug-likeness (QED) is 0.696. The smallest absolute Gasteiger partial charge is 0.236 e. The summed E-state index contributed by atoms with van der Waals surface area (Å²) in [5, 5.41) is 3.22. The van der Waals surface area contributed by atoms with Crippen molar-refractivity contribution in [1.29, 1.82) is 0 Å². The molecule has 0 aromatic carbocycles. The first kappa shape index (κ1) is 14.4. The molecule has 0 rings (SSSR count). The van der Waals surface area contributed by atoms with Crippen LogP contribution < -0.4 is 5.32 Å². The van der Waals surface area contributed by atoms with Crippen LogP contribution in [-0.2, 0) is 4.79 Å². The van der Waals surface area contributed by atoms with E-state index in [-0.39, 0.29) is 11.9 Å². The molecule has 0 aliphatic heterocycles. The zero-order chi connectivity index (χ0) is 12.0. The van der Waals surface area contributed by atoms with E-state index in [9.17, 15) is 4.79 Å². The van der Waals surface area contributed by atoms with E-state index < -0.39 is 0 Å². The number of nitrogens with one attached hydrogen (secondary N) is 1. The number of rotatable bonds is 6. The third kappa shape index (κ3) is 6.47. The number of carbonyl (C=O) groups is 1. The summed E-state index contributed by atoms with van der Waals surface area (Å²) in [6, 6.07) is 0.605. The van der Waals surface area contributed by atoms with Gasteiger partial charge in [-0.15, -0.1) is 0 Å². The van der Waals surface area contributed by atoms with Crippen LogP contribution >= 0.6 is 0 Å². The van der Waals surface area contributed by atoms with Gasteiger partial charge in [0.05, 0.1) is 6.54 Å². The van der Waals surface area contributed by atoms with Gasteiger partial charge in [-0.1, -0.05) is 0 Å². The predicted molar refractivity (Wildman–Crippen MR) is 63.9 cm³/mol. The van der Waals surface area contributed by atoms with Gasteiger partial charge < -0.3 is 15.1 Å². The Labute approximate surface area is 93.6 Å². The van der Waals surface area contributed by atoms with Gasteiger partial charge in [0.2, 0.25) is 5.91 Å². The molecule has 4 heteroatoms. The van der Waals surface area contributed by atoms with Crippen LogP contribution in [0.3, 0.4) is 0 Å². The van der Waals surface area contributed by atoms with Crippen LogP contribution in [-0.4, -0.2) is 62.0 Å². The van der Waals surface area contributed by atoms with Gasteiger partial charge in [-0.25, -0.2) is 0 Å². The van der Waals surface area contributed by atoms with Crippen molar-refractivity contribution in [3.05, 3.63) is 0 Å². The fourth-order valence-electron chi connectivity index (χ4n) is 1.29. The summed E-state index contributed by atoms with van der Waals surface area (Å²) >= 11 is 0. The van der Waals surface area contributed by atoms with Gasteiger partial charge in [0.1, 0.15) is 0 Å². The highest BCUT2D eigenvalue weighted by molar-refractivity contribution is 5.78. The highest BCUT2D eigenvalue weighted by Gasteiger charge is 2.12. The predicted octanol–water partition coefficient (Wildman–Crippen LogP) is 0.393. The summed E-state index contributed by atoms with van der Waals surface area (Å²) in [5.41, 5.74) is 0. The number of amides is 1. The molecule has 90 valence electrons. The molecule has 0 aromatic rings. The summed E-state index contributed by atoms with van der Waals surface area (Å²) in [6.07, 6.45) is 0. The highest BCUT2D eigenvalue weighted by atomic mass is 16.2. The normalized spacial score (nSPS) is 13.3. The van der Waals surface area contributed by atoms with E-state index in [4.69, 9.17) is 0 Å². The summed E-state index contributed by atoms with van der Waals surface area (Å²) < 4.78 is 0. The van der Waals surface area contributed by atoms with Crippen molar-refractivity contribution >= 4 is 5.91 Å². The Hall–Kier alpha value is -0.610. The highest BCUT2D eigenvalue weighted by Crippen LogP contribution is 1.94. The van der Waals surface area contributed by atoms with E-state index in [1.807, 2.05) is 35.0 Å². The minimum atomic E-state index is 0.149. The van der Waals surface area contributed by atoms with Crippen LogP contribution in [0.15, 0.2) is 0 Å². The van der Waals surface area contributed by atoms with Crippen molar-refractivity contribution in [3.8, 4) is 0 Å². The second-order valence-electron chi connectivity index (χ2n) is 4.64. The Balaban J connectivity index is 3.80. The molecule has 0 fully saturated rings.